The molecule has 2 aliphatic rings. The molecule has 0 heterocycles. The normalized spacial score (nSPS) is 40.9. The second-order valence-corrected chi connectivity index (χ2v) is 6.03. The molecule has 1 heteroatoms. The summed E-state index contributed by atoms with van der Waals surface area (Å²) in [6, 6.07) is 1.65. The predicted molar refractivity (Wildman–Crippen MR) is 61.4 cm³/mol. The highest BCUT2D eigenvalue weighted by Gasteiger charge is 2.40. The second kappa shape index (κ2) is 3.84. The zero-order valence-corrected chi connectivity index (χ0v) is 9.97. The van der Waals surface area contributed by atoms with Crippen molar-refractivity contribution >= 4 is 0 Å². The number of hydrogen-bond donors (Lipinski definition) is 1. The third-order valence-corrected chi connectivity index (χ3v) is 4.58. The Labute approximate surface area is 88.7 Å². The van der Waals surface area contributed by atoms with Gasteiger partial charge >= 0.3 is 0 Å². The molecule has 1 nitrogen and oxygen atoms in total. The second-order valence-electron chi connectivity index (χ2n) is 6.03. The molecule has 0 aliphatic heterocycles. The van der Waals surface area contributed by atoms with Gasteiger partial charge in [0.25, 0.3) is 0 Å². The molecule has 1 N–H and O–H groups in total. The van der Waals surface area contributed by atoms with Crippen molar-refractivity contribution in [2.75, 3.05) is 0 Å². The zero-order valence-electron chi connectivity index (χ0n) is 9.97. The molecule has 3 atom stereocenters. The third kappa shape index (κ3) is 1.98. The van der Waals surface area contributed by atoms with E-state index in [1.807, 2.05) is 0 Å². The maximum absolute atomic E-state index is 3.87. The first kappa shape index (κ1) is 10.5. The van der Waals surface area contributed by atoms with Crippen molar-refractivity contribution in [3.05, 3.63) is 0 Å². The quantitative estimate of drug-likeness (QED) is 0.728. The Balaban J connectivity index is 1.77. The Kier molecular flexibility index (Phi) is 2.88. The molecule has 0 bridgehead atoms. The molecule has 0 saturated heterocycles. The Bertz CT molecular complexity index is 197. The van der Waals surface area contributed by atoms with Gasteiger partial charge in [-0.15, -0.1) is 0 Å². The first-order valence-electron chi connectivity index (χ1n) is 6.38. The molecule has 82 valence electrons. The van der Waals surface area contributed by atoms with E-state index in [4.69, 9.17) is 0 Å². The largest absolute Gasteiger partial charge is 0.311 e. The highest BCUT2D eigenvalue weighted by atomic mass is 15.0. The van der Waals surface area contributed by atoms with E-state index >= 15 is 0 Å². The first-order valence-corrected chi connectivity index (χ1v) is 6.38. The van der Waals surface area contributed by atoms with Crippen LogP contribution in [-0.4, -0.2) is 12.1 Å². The lowest BCUT2D eigenvalue weighted by atomic mass is 9.67. The molecule has 0 aromatic heterocycles. The summed E-state index contributed by atoms with van der Waals surface area (Å²) in [5.74, 6) is 1.01. The monoisotopic (exact) mass is 195 g/mol. The average Bonchev–Trinajstić information content (AvgIpc) is 2.60. The van der Waals surface area contributed by atoms with E-state index in [0.717, 1.165) is 18.0 Å². The Morgan fingerprint density at radius 2 is 2.00 bits per heavy atom. The van der Waals surface area contributed by atoms with E-state index in [9.17, 15) is 0 Å². The minimum atomic E-state index is 0.574. The van der Waals surface area contributed by atoms with Gasteiger partial charge in [0, 0.05) is 12.1 Å². The maximum atomic E-state index is 3.87. The van der Waals surface area contributed by atoms with Gasteiger partial charge in [-0.3, -0.25) is 0 Å². The molecule has 0 spiro atoms. The molecule has 2 saturated carbocycles. The van der Waals surface area contributed by atoms with Gasteiger partial charge in [0.15, 0.2) is 0 Å². The van der Waals surface area contributed by atoms with Crippen LogP contribution in [-0.2, 0) is 0 Å². The van der Waals surface area contributed by atoms with Crippen molar-refractivity contribution in [1.82, 2.24) is 5.32 Å². The van der Waals surface area contributed by atoms with Crippen molar-refractivity contribution in [3.8, 4) is 0 Å². The molecule has 0 aromatic rings. The van der Waals surface area contributed by atoms with Gasteiger partial charge in [-0.25, -0.2) is 0 Å². The third-order valence-electron chi connectivity index (χ3n) is 4.58. The molecule has 3 unspecified atom stereocenters. The van der Waals surface area contributed by atoms with Crippen LogP contribution >= 0.6 is 0 Å². The predicted octanol–water partition coefficient (Wildman–Crippen LogP) is 3.34. The Morgan fingerprint density at radius 1 is 1.21 bits per heavy atom. The fraction of sp³-hybridized carbons (Fsp3) is 1.00. The van der Waals surface area contributed by atoms with Gasteiger partial charge in [0.1, 0.15) is 0 Å². The zero-order chi connectivity index (χ0) is 10.2. The highest BCUT2D eigenvalue weighted by molar-refractivity contribution is 4.96. The van der Waals surface area contributed by atoms with Crippen LogP contribution in [0.5, 0.6) is 0 Å². The smallest absolute Gasteiger partial charge is 0.0121 e. The molecule has 2 fully saturated rings. The molecule has 0 amide bonds. The van der Waals surface area contributed by atoms with Crippen molar-refractivity contribution < 1.29 is 0 Å². The van der Waals surface area contributed by atoms with Crippen LogP contribution in [0.1, 0.15) is 59.3 Å². The summed E-state index contributed by atoms with van der Waals surface area (Å²) in [6.45, 7) is 7.14. The lowest BCUT2D eigenvalue weighted by Gasteiger charge is -2.46. The van der Waals surface area contributed by atoms with E-state index in [1.165, 1.54) is 38.5 Å². The number of rotatable bonds is 3. The van der Waals surface area contributed by atoms with E-state index in [-0.39, 0.29) is 0 Å². The highest BCUT2D eigenvalue weighted by Crippen LogP contribution is 2.41. The molecule has 2 aliphatic carbocycles. The molecule has 14 heavy (non-hydrogen) atoms. The van der Waals surface area contributed by atoms with E-state index < -0.39 is 0 Å². The summed E-state index contributed by atoms with van der Waals surface area (Å²) in [5.41, 5.74) is 0.574. The molecule has 2 rings (SSSR count). The summed E-state index contributed by atoms with van der Waals surface area (Å²) >= 11 is 0. The maximum Gasteiger partial charge on any atom is 0.0121 e. The van der Waals surface area contributed by atoms with Crippen LogP contribution < -0.4 is 5.32 Å². The van der Waals surface area contributed by atoms with Gasteiger partial charge in [-0.2, -0.15) is 0 Å². The van der Waals surface area contributed by atoms with Gasteiger partial charge in [0.05, 0.1) is 0 Å². The van der Waals surface area contributed by atoms with Gasteiger partial charge in [0.2, 0.25) is 0 Å². The lowest BCUT2D eigenvalue weighted by molar-refractivity contribution is 0.0977. The first-order chi connectivity index (χ1) is 6.62. The molecule has 0 aromatic carbocycles. The summed E-state index contributed by atoms with van der Waals surface area (Å²) in [7, 11) is 0. The van der Waals surface area contributed by atoms with Gasteiger partial charge < -0.3 is 5.32 Å². The number of hydrogen-bond acceptors (Lipinski definition) is 1. The van der Waals surface area contributed by atoms with Crippen LogP contribution in [0.3, 0.4) is 0 Å². The molecular weight excluding hydrogens is 170 g/mol. The summed E-state index contributed by atoms with van der Waals surface area (Å²) in [5, 5.41) is 3.87. The van der Waals surface area contributed by atoms with Crippen LogP contribution in [0.2, 0.25) is 0 Å². The van der Waals surface area contributed by atoms with E-state index in [1.54, 1.807) is 0 Å². The Morgan fingerprint density at radius 3 is 2.43 bits per heavy atom. The SMILES string of the molecule is CCC1CCC(NC2CCC2(C)C)C1. The van der Waals surface area contributed by atoms with Crippen LogP contribution in [0.4, 0.5) is 0 Å². The van der Waals surface area contributed by atoms with Gasteiger partial charge in [-0.1, -0.05) is 27.2 Å². The fourth-order valence-electron chi connectivity index (χ4n) is 3.06. The topological polar surface area (TPSA) is 12.0 Å². The molecule has 0 radical (unpaired) electrons. The lowest BCUT2D eigenvalue weighted by Crippen LogP contribution is -2.53. The number of nitrogens with one attached hydrogen (secondary N) is 1. The van der Waals surface area contributed by atoms with E-state index in [0.29, 0.717) is 5.41 Å². The average molecular weight is 195 g/mol. The standard InChI is InChI=1S/C13H25N/c1-4-10-5-6-11(9-10)14-12-7-8-13(12,2)3/h10-12,14H,4-9H2,1-3H3. The van der Waals surface area contributed by atoms with Crippen LogP contribution in [0.25, 0.3) is 0 Å². The van der Waals surface area contributed by atoms with E-state index in [2.05, 4.69) is 26.1 Å². The summed E-state index contributed by atoms with van der Waals surface area (Å²) < 4.78 is 0. The van der Waals surface area contributed by atoms with Crippen molar-refractivity contribution in [2.45, 2.75) is 71.4 Å². The minimum Gasteiger partial charge on any atom is -0.311 e. The Hall–Kier alpha value is -0.0400. The van der Waals surface area contributed by atoms with Crippen molar-refractivity contribution in [2.24, 2.45) is 11.3 Å². The molecular formula is C13H25N. The van der Waals surface area contributed by atoms with Gasteiger partial charge in [-0.05, 0) is 43.4 Å². The van der Waals surface area contributed by atoms with Crippen LogP contribution in [0, 0.1) is 11.3 Å². The summed E-state index contributed by atoms with van der Waals surface area (Å²) in [6.07, 6.45) is 8.51. The fourth-order valence-corrected chi connectivity index (χ4v) is 3.06. The summed E-state index contributed by atoms with van der Waals surface area (Å²) in [4.78, 5) is 0. The van der Waals surface area contributed by atoms with Crippen LogP contribution in [0.15, 0.2) is 0 Å². The van der Waals surface area contributed by atoms with Crippen molar-refractivity contribution in [1.29, 1.82) is 0 Å². The van der Waals surface area contributed by atoms with Crippen molar-refractivity contribution in [3.63, 3.8) is 0 Å². The minimum absolute atomic E-state index is 0.574.